The topological polar surface area (TPSA) is 68.4 Å². The van der Waals surface area contributed by atoms with E-state index in [0.29, 0.717) is 24.7 Å². The predicted octanol–water partition coefficient (Wildman–Crippen LogP) is 2.74. The lowest BCUT2D eigenvalue weighted by atomic mass is 9.84. The molecule has 21 heavy (non-hydrogen) atoms. The summed E-state index contributed by atoms with van der Waals surface area (Å²) in [5, 5.41) is 13.9. The van der Waals surface area contributed by atoms with Gasteiger partial charge in [-0.15, -0.1) is 0 Å². The van der Waals surface area contributed by atoms with Crippen molar-refractivity contribution >= 4 is 0 Å². The molecule has 1 aliphatic carbocycles. The van der Waals surface area contributed by atoms with Crippen molar-refractivity contribution in [3.05, 3.63) is 42.0 Å². The van der Waals surface area contributed by atoms with E-state index in [1.807, 2.05) is 30.3 Å². The lowest BCUT2D eigenvalue weighted by Gasteiger charge is -2.26. The van der Waals surface area contributed by atoms with Crippen LogP contribution < -0.4 is 4.74 Å². The summed E-state index contributed by atoms with van der Waals surface area (Å²) in [6, 6.07) is 9.55. The third-order valence-electron chi connectivity index (χ3n) is 3.93. The van der Waals surface area contributed by atoms with Crippen molar-refractivity contribution in [1.82, 2.24) is 10.1 Å². The maximum atomic E-state index is 9.97. The Balaban J connectivity index is 1.53. The van der Waals surface area contributed by atoms with E-state index in [4.69, 9.17) is 9.26 Å². The van der Waals surface area contributed by atoms with E-state index in [-0.39, 0.29) is 12.0 Å². The maximum absolute atomic E-state index is 9.97. The van der Waals surface area contributed by atoms with Gasteiger partial charge in [0, 0.05) is 6.42 Å². The van der Waals surface area contributed by atoms with Crippen molar-refractivity contribution in [3.63, 3.8) is 0 Å². The van der Waals surface area contributed by atoms with Gasteiger partial charge in [0.05, 0.1) is 6.10 Å². The van der Waals surface area contributed by atoms with Crippen LogP contribution in [0, 0.1) is 5.92 Å². The van der Waals surface area contributed by atoms with Crippen molar-refractivity contribution in [3.8, 4) is 5.75 Å². The highest BCUT2D eigenvalue weighted by Gasteiger charge is 2.25. The van der Waals surface area contributed by atoms with Crippen LogP contribution in [0.15, 0.2) is 34.9 Å². The summed E-state index contributed by atoms with van der Waals surface area (Å²) in [6.07, 6.45) is 4.59. The van der Waals surface area contributed by atoms with Gasteiger partial charge in [-0.1, -0.05) is 36.2 Å². The molecule has 0 aliphatic heterocycles. The summed E-state index contributed by atoms with van der Waals surface area (Å²) in [5.41, 5.74) is 0. The van der Waals surface area contributed by atoms with Gasteiger partial charge in [-0.3, -0.25) is 0 Å². The summed E-state index contributed by atoms with van der Waals surface area (Å²) in [6.45, 7) is 0.292. The highest BCUT2D eigenvalue weighted by atomic mass is 16.5. The van der Waals surface area contributed by atoms with Crippen molar-refractivity contribution < 1.29 is 14.4 Å². The molecule has 1 aliphatic rings. The van der Waals surface area contributed by atoms with Gasteiger partial charge >= 0.3 is 0 Å². The second kappa shape index (κ2) is 6.72. The molecule has 112 valence electrons. The molecule has 0 amide bonds. The normalized spacial score (nSPS) is 22.1. The Kier molecular flexibility index (Phi) is 4.50. The van der Waals surface area contributed by atoms with E-state index in [2.05, 4.69) is 10.1 Å². The van der Waals surface area contributed by atoms with Crippen LogP contribution in [-0.4, -0.2) is 21.4 Å². The molecule has 2 unspecified atom stereocenters. The van der Waals surface area contributed by atoms with Crippen LogP contribution in [0.4, 0.5) is 0 Å². The second-order valence-corrected chi connectivity index (χ2v) is 5.52. The third kappa shape index (κ3) is 3.82. The monoisotopic (exact) mass is 288 g/mol. The Morgan fingerprint density at radius 1 is 1.19 bits per heavy atom. The molecule has 1 aromatic heterocycles. The summed E-state index contributed by atoms with van der Waals surface area (Å²) < 4.78 is 10.8. The quantitative estimate of drug-likeness (QED) is 0.916. The highest BCUT2D eigenvalue weighted by molar-refractivity contribution is 5.20. The molecule has 2 atom stereocenters. The fraction of sp³-hybridized carbons (Fsp3) is 0.500. The van der Waals surface area contributed by atoms with E-state index in [0.717, 1.165) is 25.0 Å². The number of aliphatic hydroxyl groups is 1. The molecule has 5 heteroatoms. The summed E-state index contributed by atoms with van der Waals surface area (Å²) >= 11 is 0. The molecule has 1 heterocycles. The van der Waals surface area contributed by atoms with E-state index >= 15 is 0 Å². The molecule has 0 spiro atoms. The average molecular weight is 288 g/mol. The van der Waals surface area contributed by atoms with Gasteiger partial charge in [-0.2, -0.15) is 4.98 Å². The molecule has 3 rings (SSSR count). The van der Waals surface area contributed by atoms with Gasteiger partial charge in [-0.25, -0.2) is 0 Å². The van der Waals surface area contributed by atoms with Crippen LogP contribution in [0.25, 0.3) is 0 Å². The summed E-state index contributed by atoms with van der Waals surface area (Å²) in [4.78, 5) is 4.34. The Labute approximate surface area is 123 Å². The first-order chi connectivity index (χ1) is 10.3. The molecule has 0 radical (unpaired) electrons. The fourth-order valence-electron chi connectivity index (χ4n) is 2.75. The standard InChI is InChI=1S/C16H20N2O3/c19-14-9-5-4-6-12(14)10-16-17-15(18-21-16)11-20-13-7-2-1-3-8-13/h1-3,7-8,12,14,19H,4-6,9-11H2. The number of rotatable bonds is 5. The third-order valence-corrected chi connectivity index (χ3v) is 3.93. The van der Waals surface area contributed by atoms with Gasteiger partial charge in [0.1, 0.15) is 5.75 Å². The highest BCUT2D eigenvalue weighted by Crippen LogP contribution is 2.27. The van der Waals surface area contributed by atoms with Crippen LogP contribution in [-0.2, 0) is 13.0 Å². The summed E-state index contributed by atoms with van der Waals surface area (Å²) in [5.74, 6) is 2.15. The molecule has 5 nitrogen and oxygen atoms in total. The van der Waals surface area contributed by atoms with E-state index < -0.39 is 0 Å². The van der Waals surface area contributed by atoms with Crippen LogP contribution in [0.1, 0.15) is 37.4 Å². The zero-order chi connectivity index (χ0) is 14.5. The average Bonchev–Trinajstić information content (AvgIpc) is 2.96. The smallest absolute Gasteiger partial charge is 0.227 e. The lowest BCUT2D eigenvalue weighted by molar-refractivity contribution is 0.0657. The van der Waals surface area contributed by atoms with Crippen LogP contribution in [0.2, 0.25) is 0 Å². The van der Waals surface area contributed by atoms with Gasteiger partial charge in [-0.05, 0) is 30.9 Å². The first-order valence-electron chi connectivity index (χ1n) is 7.48. The zero-order valence-corrected chi connectivity index (χ0v) is 11.9. The molecule has 1 N–H and O–H groups in total. The largest absolute Gasteiger partial charge is 0.485 e. The van der Waals surface area contributed by atoms with Crippen molar-refractivity contribution in [2.24, 2.45) is 5.92 Å². The van der Waals surface area contributed by atoms with Crippen LogP contribution in [0.5, 0.6) is 5.75 Å². The Morgan fingerprint density at radius 2 is 2.00 bits per heavy atom. The number of ether oxygens (including phenoxy) is 1. The number of hydrogen-bond donors (Lipinski definition) is 1. The SMILES string of the molecule is OC1CCCCC1Cc1nc(COc2ccccc2)no1. The Morgan fingerprint density at radius 3 is 2.81 bits per heavy atom. The number of nitrogens with zero attached hydrogens (tertiary/aromatic N) is 2. The van der Waals surface area contributed by atoms with Gasteiger partial charge < -0.3 is 14.4 Å². The van der Waals surface area contributed by atoms with Crippen molar-refractivity contribution in [2.45, 2.75) is 44.8 Å². The number of aliphatic hydroxyl groups excluding tert-OH is 1. The van der Waals surface area contributed by atoms with Crippen LogP contribution >= 0.6 is 0 Å². The Bertz CT molecular complexity index is 556. The number of benzene rings is 1. The molecule has 1 fully saturated rings. The van der Waals surface area contributed by atoms with Gasteiger partial charge in [0.2, 0.25) is 11.7 Å². The van der Waals surface area contributed by atoms with Gasteiger partial charge in [0.25, 0.3) is 0 Å². The minimum Gasteiger partial charge on any atom is -0.485 e. The van der Waals surface area contributed by atoms with Crippen LogP contribution in [0.3, 0.4) is 0 Å². The molecular formula is C16H20N2O3. The van der Waals surface area contributed by atoms with Crippen molar-refractivity contribution in [1.29, 1.82) is 0 Å². The molecule has 1 saturated carbocycles. The summed E-state index contributed by atoms with van der Waals surface area (Å²) in [7, 11) is 0. The zero-order valence-electron chi connectivity index (χ0n) is 11.9. The maximum Gasteiger partial charge on any atom is 0.227 e. The number of aromatic nitrogens is 2. The van der Waals surface area contributed by atoms with E-state index in [1.54, 1.807) is 0 Å². The van der Waals surface area contributed by atoms with E-state index in [1.165, 1.54) is 6.42 Å². The lowest BCUT2D eigenvalue weighted by Crippen LogP contribution is -2.26. The molecule has 0 bridgehead atoms. The molecule has 2 aromatic rings. The molecule has 1 aromatic carbocycles. The van der Waals surface area contributed by atoms with Gasteiger partial charge in [0.15, 0.2) is 6.61 Å². The predicted molar refractivity (Wildman–Crippen MR) is 76.7 cm³/mol. The second-order valence-electron chi connectivity index (χ2n) is 5.52. The number of hydrogen-bond acceptors (Lipinski definition) is 5. The minimum atomic E-state index is -0.241. The van der Waals surface area contributed by atoms with Crippen molar-refractivity contribution in [2.75, 3.05) is 0 Å². The first kappa shape index (κ1) is 14.1. The molecule has 0 saturated heterocycles. The van der Waals surface area contributed by atoms with E-state index in [9.17, 15) is 5.11 Å². The Hall–Kier alpha value is -1.88. The fourth-order valence-corrected chi connectivity index (χ4v) is 2.75. The number of para-hydroxylation sites is 1. The molecular weight excluding hydrogens is 268 g/mol. The minimum absolute atomic E-state index is 0.238. The first-order valence-corrected chi connectivity index (χ1v) is 7.48.